The molecule has 1 atom stereocenters. The molecule has 1 unspecified atom stereocenters. The number of aliphatic carboxylic acids is 1. The Balaban J connectivity index is 2.90. The Morgan fingerprint density at radius 1 is 1.48 bits per heavy atom. The van der Waals surface area contributed by atoms with Gasteiger partial charge in [0.25, 0.3) is 5.91 Å². The number of carboxylic acids is 1. The molecule has 0 heterocycles. The molecule has 6 heteroatoms. The summed E-state index contributed by atoms with van der Waals surface area (Å²) in [5.41, 5.74) is 0.428. The molecular weight excluding hydrogens is 294 g/mol. The molecular formula is C15H18ClNO4. The van der Waals surface area contributed by atoms with Gasteiger partial charge in [-0.25, -0.2) is 4.79 Å². The van der Waals surface area contributed by atoms with E-state index in [4.69, 9.17) is 21.4 Å². The van der Waals surface area contributed by atoms with Crippen LogP contribution >= 0.6 is 11.6 Å². The molecule has 21 heavy (non-hydrogen) atoms. The van der Waals surface area contributed by atoms with E-state index in [9.17, 15) is 9.59 Å². The SMILES string of the molecule is CCCNC(=O)C(C)Oc1cccc(Cl)c1/C=C/C(=O)O. The molecule has 0 spiro atoms. The number of benzene rings is 1. The van der Waals surface area contributed by atoms with E-state index in [0.29, 0.717) is 22.9 Å². The molecule has 0 bridgehead atoms. The Kier molecular flexibility index (Phi) is 6.75. The van der Waals surface area contributed by atoms with Crippen molar-refractivity contribution in [2.75, 3.05) is 6.54 Å². The van der Waals surface area contributed by atoms with Crippen LogP contribution < -0.4 is 10.1 Å². The monoisotopic (exact) mass is 311 g/mol. The summed E-state index contributed by atoms with van der Waals surface area (Å²) in [6, 6.07) is 4.93. The van der Waals surface area contributed by atoms with Crippen LogP contribution in [0.5, 0.6) is 5.75 Å². The quantitative estimate of drug-likeness (QED) is 0.759. The molecule has 0 fully saturated rings. The third-order valence-electron chi connectivity index (χ3n) is 2.63. The lowest BCUT2D eigenvalue weighted by atomic mass is 10.2. The number of nitrogens with one attached hydrogen (secondary N) is 1. The summed E-state index contributed by atoms with van der Waals surface area (Å²) in [4.78, 5) is 22.4. The van der Waals surface area contributed by atoms with Crippen LogP contribution in [-0.2, 0) is 9.59 Å². The molecule has 0 aliphatic carbocycles. The van der Waals surface area contributed by atoms with Gasteiger partial charge in [0.05, 0.1) is 5.02 Å². The highest BCUT2D eigenvalue weighted by molar-refractivity contribution is 6.32. The van der Waals surface area contributed by atoms with Gasteiger partial charge >= 0.3 is 5.97 Å². The summed E-state index contributed by atoms with van der Waals surface area (Å²) < 4.78 is 5.58. The minimum Gasteiger partial charge on any atom is -0.480 e. The van der Waals surface area contributed by atoms with E-state index in [1.54, 1.807) is 25.1 Å². The third-order valence-corrected chi connectivity index (χ3v) is 2.96. The summed E-state index contributed by atoms with van der Waals surface area (Å²) >= 11 is 6.03. The average Bonchev–Trinajstić information content (AvgIpc) is 2.43. The highest BCUT2D eigenvalue weighted by atomic mass is 35.5. The predicted octanol–water partition coefficient (Wildman–Crippen LogP) is 2.73. The number of rotatable bonds is 7. The molecule has 5 nitrogen and oxygen atoms in total. The summed E-state index contributed by atoms with van der Waals surface area (Å²) in [5, 5.41) is 11.8. The largest absolute Gasteiger partial charge is 0.480 e. The first-order valence-corrected chi connectivity index (χ1v) is 6.97. The first kappa shape index (κ1) is 17.0. The van der Waals surface area contributed by atoms with Gasteiger partial charge in [-0.3, -0.25) is 4.79 Å². The van der Waals surface area contributed by atoms with E-state index in [2.05, 4.69) is 5.32 Å². The number of carboxylic acid groups (broad SMARTS) is 1. The Bertz CT molecular complexity index is 542. The molecule has 0 aromatic heterocycles. The number of carbonyl (C=O) groups is 2. The fourth-order valence-corrected chi connectivity index (χ4v) is 1.80. The first-order chi connectivity index (χ1) is 9.95. The maximum absolute atomic E-state index is 11.8. The van der Waals surface area contributed by atoms with E-state index >= 15 is 0 Å². The Hall–Kier alpha value is -2.01. The van der Waals surface area contributed by atoms with E-state index < -0.39 is 12.1 Å². The van der Waals surface area contributed by atoms with Crippen LogP contribution in [0.4, 0.5) is 0 Å². The van der Waals surface area contributed by atoms with Crippen LogP contribution in [0.1, 0.15) is 25.8 Å². The smallest absolute Gasteiger partial charge is 0.328 e. The second-order valence-corrected chi connectivity index (χ2v) is 4.78. The Morgan fingerprint density at radius 3 is 2.81 bits per heavy atom. The van der Waals surface area contributed by atoms with Crippen molar-refractivity contribution in [3.8, 4) is 5.75 Å². The zero-order valence-corrected chi connectivity index (χ0v) is 12.7. The second kappa shape index (κ2) is 8.32. The highest BCUT2D eigenvalue weighted by Gasteiger charge is 2.16. The van der Waals surface area contributed by atoms with Gasteiger partial charge < -0.3 is 15.2 Å². The standard InChI is InChI=1S/C15H18ClNO4/c1-3-9-17-15(20)10(2)21-13-6-4-5-12(16)11(13)7-8-14(18)19/h4-8,10H,3,9H2,1-2H3,(H,17,20)(H,18,19)/b8-7+. The number of carbonyl (C=O) groups excluding carboxylic acids is 1. The number of hydrogen-bond donors (Lipinski definition) is 2. The van der Waals surface area contributed by atoms with Crippen molar-refractivity contribution < 1.29 is 19.4 Å². The zero-order chi connectivity index (χ0) is 15.8. The summed E-state index contributed by atoms with van der Waals surface area (Å²) in [5.74, 6) is -0.959. The third kappa shape index (κ3) is 5.47. The topological polar surface area (TPSA) is 75.6 Å². The molecule has 2 N–H and O–H groups in total. The van der Waals surface area contributed by atoms with E-state index in [0.717, 1.165) is 12.5 Å². The lowest BCUT2D eigenvalue weighted by Gasteiger charge is -2.16. The van der Waals surface area contributed by atoms with Gasteiger partial charge in [0.2, 0.25) is 0 Å². The van der Waals surface area contributed by atoms with Crippen molar-refractivity contribution in [2.24, 2.45) is 0 Å². The second-order valence-electron chi connectivity index (χ2n) is 4.37. The zero-order valence-electron chi connectivity index (χ0n) is 11.9. The van der Waals surface area contributed by atoms with Crippen molar-refractivity contribution in [3.63, 3.8) is 0 Å². The van der Waals surface area contributed by atoms with Crippen molar-refractivity contribution in [2.45, 2.75) is 26.4 Å². The van der Waals surface area contributed by atoms with Gasteiger partial charge in [-0.2, -0.15) is 0 Å². The van der Waals surface area contributed by atoms with Crippen LogP contribution in [0.3, 0.4) is 0 Å². The molecule has 0 aliphatic heterocycles. The number of hydrogen-bond acceptors (Lipinski definition) is 3. The fourth-order valence-electron chi connectivity index (χ4n) is 1.57. The lowest BCUT2D eigenvalue weighted by molar-refractivity contribution is -0.131. The minimum atomic E-state index is -1.09. The van der Waals surface area contributed by atoms with Crippen LogP contribution in [0.15, 0.2) is 24.3 Å². The van der Waals surface area contributed by atoms with Crippen molar-refractivity contribution in [1.29, 1.82) is 0 Å². The number of amides is 1. The Morgan fingerprint density at radius 2 is 2.19 bits per heavy atom. The first-order valence-electron chi connectivity index (χ1n) is 6.59. The molecule has 1 rings (SSSR count). The maximum Gasteiger partial charge on any atom is 0.328 e. The molecule has 1 amide bonds. The van der Waals surface area contributed by atoms with E-state index in [1.165, 1.54) is 6.08 Å². The van der Waals surface area contributed by atoms with Gasteiger partial charge in [-0.1, -0.05) is 24.6 Å². The van der Waals surface area contributed by atoms with Gasteiger partial charge in [-0.05, 0) is 31.6 Å². The van der Waals surface area contributed by atoms with Gasteiger partial charge in [0.1, 0.15) is 5.75 Å². The van der Waals surface area contributed by atoms with Gasteiger partial charge in [-0.15, -0.1) is 0 Å². The summed E-state index contributed by atoms with van der Waals surface area (Å²) in [7, 11) is 0. The Labute approximate surface area is 128 Å². The lowest BCUT2D eigenvalue weighted by Crippen LogP contribution is -2.36. The molecule has 0 radical (unpaired) electrons. The summed E-state index contributed by atoms with van der Waals surface area (Å²) in [6.07, 6.45) is 2.45. The van der Waals surface area contributed by atoms with Crippen molar-refractivity contribution >= 4 is 29.6 Å². The molecule has 1 aromatic carbocycles. The van der Waals surface area contributed by atoms with Crippen molar-refractivity contribution in [1.82, 2.24) is 5.32 Å². The van der Waals surface area contributed by atoms with Crippen LogP contribution in [0.2, 0.25) is 5.02 Å². The number of ether oxygens (including phenoxy) is 1. The normalized spacial score (nSPS) is 12.1. The summed E-state index contributed by atoms with van der Waals surface area (Å²) in [6.45, 7) is 4.15. The van der Waals surface area contributed by atoms with Crippen LogP contribution in [0, 0.1) is 0 Å². The maximum atomic E-state index is 11.8. The molecule has 114 valence electrons. The fraction of sp³-hybridized carbons (Fsp3) is 0.333. The van der Waals surface area contributed by atoms with Crippen molar-refractivity contribution in [3.05, 3.63) is 34.9 Å². The van der Waals surface area contributed by atoms with E-state index in [1.807, 2.05) is 6.92 Å². The molecule has 0 saturated carbocycles. The molecule has 0 aliphatic rings. The number of halogens is 1. The van der Waals surface area contributed by atoms with E-state index in [-0.39, 0.29) is 5.91 Å². The average molecular weight is 312 g/mol. The molecule has 0 saturated heterocycles. The van der Waals surface area contributed by atoms with Crippen LogP contribution in [0.25, 0.3) is 6.08 Å². The molecule has 1 aromatic rings. The van der Waals surface area contributed by atoms with Crippen LogP contribution in [-0.4, -0.2) is 29.6 Å². The minimum absolute atomic E-state index is 0.231. The predicted molar refractivity (Wildman–Crippen MR) is 81.5 cm³/mol. The van der Waals surface area contributed by atoms with Gasteiger partial charge in [0, 0.05) is 18.2 Å². The highest BCUT2D eigenvalue weighted by Crippen LogP contribution is 2.28. The van der Waals surface area contributed by atoms with Gasteiger partial charge in [0.15, 0.2) is 6.10 Å².